The number of hydrogen-bond acceptors (Lipinski definition) is 6. The molecule has 2 fully saturated rings. The van der Waals surface area contributed by atoms with E-state index in [1.165, 1.54) is 39.0 Å². The van der Waals surface area contributed by atoms with Crippen LogP contribution in [0.15, 0.2) is 23.3 Å². The molecule has 1 saturated carbocycles. The van der Waals surface area contributed by atoms with E-state index in [1.807, 2.05) is 6.08 Å². The molecule has 1 amide bonds. The topological polar surface area (TPSA) is 85.4 Å². The van der Waals surface area contributed by atoms with Gasteiger partial charge in [0.15, 0.2) is 11.4 Å². The van der Waals surface area contributed by atoms with Gasteiger partial charge in [0.05, 0.1) is 18.6 Å². The quantitative estimate of drug-likeness (QED) is 0.117. The molecule has 0 aromatic rings. The first-order valence-electron chi connectivity index (χ1n) is 13.3. The monoisotopic (exact) mass is 525 g/mol. The van der Waals surface area contributed by atoms with Gasteiger partial charge in [0.1, 0.15) is 12.2 Å². The number of methoxy groups -OCH3 is 1. The van der Waals surface area contributed by atoms with Gasteiger partial charge in [0.2, 0.25) is 5.91 Å². The van der Waals surface area contributed by atoms with Gasteiger partial charge in [-0.3, -0.25) is 14.4 Å². The highest BCUT2D eigenvalue weighted by Gasteiger charge is 2.66. The predicted octanol–water partition coefficient (Wildman–Crippen LogP) is 5.35. The second kappa shape index (κ2) is 14.9. The summed E-state index contributed by atoms with van der Waals surface area (Å²) in [6.07, 6.45) is 14.9. The minimum atomic E-state index is -1.06. The minimum Gasteiger partial charge on any atom is -0.462 e. The lowest BCUT2D eigenvalue weighted by atomic mass is 9.78. The maximum atomic E-state index is 12.9. The molecule has 36 heavy (non-hydrogen) atoms. The zero-order chi connectivity index (χ0) is 26.7. The van der Waals surface area contributed by atoms with Crippen LogP contribution in [-0.2, 0) is 28.6 Å². The normalized spacial score (nSPS) is 26.6. The van der Waals surface area contributed by atoms with Gasteiger partial charge in [-0.1, -0.05) is 69.7 Å². The third kappa shape index (κ3) is 9.00. The molecule has 0 bridgehead atoms. The maximum Gasteiger partial charge on any atom is 0.302 e. The molecule has 5 atom stereocenters. The molecule has 2 aliphatic rings. The van der Waals surface area contributed by atoms with E-state index in [9.17, 15) is 14.4 Å². The average Bonchev–Trinajstić information content (AvgIpc) is 3.53. The molecule has 0 radical (unpaired) electrons. The molecule has 1 saturated heterocycles. The first kappa shape index (κ1) is 30.5. The van der Waals surface area contributed by atoms with Gasteiger partial charge in [-0.05, 0) is 25.3 Å². The number of esters is 1. The highest BCUT2D eigenvalue weighted by molar-refractivity contribution is 6.30. The molecule has 2 rings (SSSR count). The van der Waals surface area contributed by atoms with Crippen LogP contribution in [0.3, 0.4) is 0 Å². The van der Waals surface area contributed by atoms with Crippen LogP contribution < -0.4 is 0 Å². The zero-order valence-electron chi connectivity index (χ0n) is 22.6. The number of unbranched alkanes of at least 4 members (excludes halogenated alkanes) is 4. The van der Waals surface area contributed by atoms with Crippen LogP contribution in [0, 0.1) is 5.92 Å². The summed E-state index contributed by atoms with van der Waals surface area (Å²) in [5.74, 6) is -1.04. The first-order valence-corrected chi connectivity index (χ1v) is 13.7. The first-order chi connectivity index (χ1) is 17.1. The van der Waals surface area contributed by atoms with E-state index in [1.54, 1.807) is 32.1 Å². The van der Waals surface area contributed by atoms with Gasteiger partial charge >= 0.3 is 5.97 Å². The standard InChI is InChI=1S/C28H44ClNO6/c1-6-7-8-9-11-14-23(34-5)15-12-10-13-16-26(32)30(4)19-22(29)18-28-25(36-28)17-24(35-21(3)31)20(2)27(28)33/h10,12,18,20,23-25H,6-9,11,13-17,19H2,1-5H3/b12-10+,22-18+/t20-,23?,24-,25+,28+/m0/s1. The van der Waals surface area contributed by atoms with Crippen molar-refractivity contribution in [2.75, 3.05) is 20.7 Å². The lowest BCUT2D eigenvalue weighted by molar-refractivity contribution is -0.152. The predicted molar refractivity (Wildman–Crippen MR) is 141 cm³/mol. The number of epoxide rings is 1. The molecule has 0 aromatic heterocycles. The maximum absolute atomic E-state index is 12.9. The zero-order valence-corrected chi connectivity index (χ0v) is 23.4. The lowest BCUT2D eigenvalue weighted by Crippen LogP contribution is -2.44. The number of ketones is 1. The van der Waals surface area contributed by atoms with E-state index in [2.05, 4.69) is 13.0 Å². The number of allylic oxidation sites excluding steroid dienone is 1. The van der Waals surface area contributed by atoms with E-state index < -0.39 is 23.6 Å². The molecular formula is C28H44ClNO6. The number of hydrogen-bond donors (Lipinski definition) is 0. The van der Waals surface area contributed by atoms with Crippen LogP contribution in [0.2, 0.25) is 0 Å². The van der Waals surface area contributed by atoms with Crippen LogP contribution in [0.4, 0.5) is 0 Å². The highest BCUT2D eigenvalue weighted by Crippen LogP contribution is 2.50. The Labute approximate surface area is 221 Å². The molecule has 204 valence electrons. The van der Waals surface area contributed by atoms with Crippen LogP contribution >= 0.6 is 11.6 Å². The molecule has 1 heterocycles. The van der Waals surface area contributed by atoms with E-state index >= 15 is 0 Å². The number of ether oxygens (including phenoxy) is 3. The SMILES string of the molecule is CCCCCCCC(C/C=C/CCC(=O)N(C)C/C(Cl)=C\[C@@]12O[C@@H]1C[C@H](OC(C)=O)[C@H](C)C2=O)OC. The Morgan fingerprint density at radius 3 is 2.64 bits per heavy atom. The molecule has 7 nitrogen and oxygen atoms in total. The van der Waals surface area contributed by atoms with Crippen molar-refractivity contribution in [3.05, 3.63) is 23.3 Å². The van der Waals surface area contributed by atoms with Crippen LogP contribution in [0.5, 0.6) is 0 Å². The number of halogens is 1. The van der Waals surface area contributed by atoms with Crippen LogP contribution in [-0.4, -0.2) is 67.2 Å². The summed E-state index contributed by atoms with van der Waals surface area (Å²) >= 11 is 6.43. The van der Waals surface area contributed by atoms with E-state index in [0.717, 1.165) is 12.8 Å². The van der Waals surface area contributed by atoms with E-state index in [0.29, 0.717) is 24.3 Å². The van der Waals surface area contributed by atoms with Gasteiger partial charge in [-0.2, -0.15) is 0 Å². The number of fused-ring (bicyclic) bond motifs is 1. The fourth-order valence-corrected chi connectivity index (χ4v) is 5.15. The Balaban J connectivity index is 1.73. The van der Waals surface area contributed by atoms with Crippen molar-refractivity contribution in [3.8, 4) is 0 Å². The van der Waals surface area contributed by atoms with E-state index in [4.69, 9.17) is 25.8 Å². The van der Waals surface area contributed by atoms with Crippen molar-refractivity contribution in [2.45, 2.75) is 109 Å². The van der Waals surface area contributed by atoms with Gasteiger partial charge < -0.3 is 19.1 Å². The summed E-state index contributed by atoms with van der Waals surface area (Å²) in [5.41, 5.74) is -1.06. The van der Waals surface area contributed by atoms with Crippen molar-refractivity contribution in [2.24, 2.45) is 5.92 Å². The highest BCUT2D eigenvalue weighted by atomic mass is 35.5. The third-order valence-corrected chi connectivity index (χ3v) is 7.35. The lowest BCUT2D eigenvalue weighted by Gasteiger charge is -2.28. The van der Waals surface area contributed by atoms with Gasteiger partial charge in [-0.25, -0.2) is 0 Å². The summed E-state index contributed by atoms with van der Waals surface area (Å²) in [7, 11) is 3.46. The Bertz CT molecular complexity index is 812. The number of carbonyl (C=O) groups is 3. The molecule has 1 unspecified atom stereocenters. The second-order valence-electron chi connectivity index (χ2n) is 10.1. The van der Waals surface area contributed by atoms with Crippen LogP contribution in [0.1, 0.15) is 85.0 Å². The number of carbonyl (C=O) groups excluding carboxylic acids is 3. The fraction of sp³-hybridized carbons (Fsp3) is 0.750. The molecule has 1 aliphatic heterocycles. The molecule has 0 N–H and O–H groups in total. The third-order valence-electron chi connectivity index (χ3n) is 7.12. The summed E-state index contributed by atoms with van der Waals surface area (Å²) in [5, 5.41) is 0.386. The van der Waals surface area contributed by atoms with Gasteiger partial charge in [0.25, 0.3) is 0 Å². The van der Waals surface area contributed by atoms with Crippen molar-refractivity contribution >= 4 is 29.3 Å². The van der Waals surface area contributed by atoms with Gasteiger partial charge in [0, 0.05) is 39.0 Å². The molecule has 0 aromatic carbocycles. The number of rotatable bonds is 16. The number of Topliss-reactive ketones (excluding diaryl/α,β-unsaturated/α-hetero) is 1. The number of amides is 1. The van der Waals surface area contributed by atoms with Crippen molar-refractivity contribution < 1.29 is 28.6 Å². The van der Waals surface area contributed by atoms with E-state index in [-0.39, 0.29) is 30.4 Å². The fourth-order valence-electron chi connectivity index (χ4n) is 4.81. The number of likely N-dealkylation sites (N-methyl/N-ethyl adjacent to an activating group) is 1. The van der Waals surface area contributed by atoms with Crippen LogP contribution in [0.25, 0.3) is 0 Å². The largest absolute Gasteiger partial charge is 0.462 e. The summed E-state index contributed by atoms with van der Waals surface area (Å²) in [6.45, 7) is 5.50. The minimum absolute atomic E-state index is 0.0190. The Morgan fingerprint density at radius 2 is 1.97 bits per heavy atom. The Hall–Kier alpha value is -1.70. The second-order valence-corrected chi connectivity index (χ2v) is 10.6. The molecule has 8 heteroatoms. The smallest absolute Gasteiger partial charge is 0.302 e. The number of nitrogens with zero attached hydrogens (tertiary/aromatic N) is 1. The van der Waals surface area contributed by atoms with Crippen molar-refractivity contribution in [1.29, 1.82) is 0 Å². The molecule has 1 aliphatic carbocycles. The summed E-state index contributed by atoms with van der Waals surface area (Å²) in [4.78, 5) is 38.3. The Kier molecular flexibility index (Phi) is 12.6. The average molecular weight is 526 g/mol. The van der Waals surface area contributed by atoms with Crippen molar-refractivity contribution in [1.82, 2.24) is 4.90 Å². The molecular weight excluding hydrogens is 482 g/mol. The summed E-state index contributed by atoms with van der Waals surface area (Å²) < 4.78 is 16.5. The molecule has 0 spiro atoms. The van der Waals surface area contributed by atoms with Crippen molar-refractivity contribution in [3.63, 3.8) is 0 Å². The summed E-state index contributed by atoms with van der Waals surface area (Å²) in [6, 6.07) is 0. The Morgan fingerprint density at radius 1 is 1.25 bits per heavy atom. The van der Waals surface area contributed by atoms with Gasteiger partial charge in [-0.15, -0.1) is 0 Å².